The number of aldehydes is 1. The van der Waals surface area contributed by atoms with Crippen molar-refractivity contribution < 1.29 is 4.79 Å². The third-order valence-electron chi connectivity index (χ3n) is 2.85. The van der Waals surface area contributed by atoms with Crippen LogP contribution in [0.2, 0.25) is 0 Å². The molecule has 0 aliphatic heterocycles. The zero-order chi connectivity index (χ0) is 12.0. The van der Waals surface area contributed by atoms with Gasteiger partial charge in [0, 0.05) is 18.2 Å². The molecule has 0 spiro atoms. The van der Waals surface area contributed by atoms with E-state index in [1.165, 1.54) is 5.56 Å². The molecule has 2 nitrogen and oxygen atoms in total. The molecule has 1 rings (SSSR count). The van der Waals surface area contributed by atoms with Crippen molar-refractivity contribution in [2.24, 2.45) is 5.41 Å². The molecule has 1 N–H and O–H groups in total. The minimum absolute atomic E-state index is 0.176. The second-order valence-electron chi connectivity index (χ2n) is 4.91. The lowest BCUT2D eigenvalue weighted by molar-refractivity contribution is -0.115. The van der Waals surface area contributed by atoms with Crippen LogP contribution in [-0.4, -0.2) is 13.3 Å². The summed E-state index contributed by atoms with van der Waals surface area (Å²) < 4.78 is 0. The summed E-state index contributed by atoms with van der Waals surface area (Å²) in [6, 6.07) is 8.44. The van der Waals surface area contributed by atoms with Gasteiger partial charge in [-0.3, -0.25) is 0 Å². The van der Waals surface area contributed by atoms with E-state index in [0.29, 0.717) is 0 Å². The van der Waals surface area contributed by atoms with Gasteiger partial charge in [0.05, 0.1) is 0 Å². The van der Waals surface area contributed by atoms with Crippen LogP contribution in [0.1, 0.15) is 32.3 Å². The Labute approximate surface area is 98.1 Å². The second-order valence-corrected chi connectivity index (χ2v) is 4.91. The number of rotatable bonds is 6. The lowest BCUT2D eigenvalue weighted by Crippen LogP contribution is -2.12. The Bertz CT molecular complexity index is 327. The lowest BCUT2D eigenvalue weighted by atomic mass is 9.88. The zero-order valence-corrected chi connectivity index (χ0v) is 10.4. The van der Waals surface area contributed by atoms with Crippen molar-refractivity contribution in [2.45, 2.75) is 33.1 Å². The Kier molecular flexibility index (Phi) is 4.53. The monoisotopic (exact) mass is 219 g/mol. The Morgan fingerprint density at radius 2 is 1.88 bits per heavy atom. The summed E-state index contributed by atoms with van der Waals surface area (Å²) >= 11 is 0. The van der Waals surface area contributed by atoms with E-state index in [0.717, 1.165) is 31.2 Å². The largest absolute Gasteiger partial charge is 0.388 e. The van der Waals surface area contributed by atoms with Crippen LogP contribution in [-0.2, 0) is 11.2 Å². The van der Waals surface area contributed by atoms with Crippen molar-refractivity contribution in [3.8, 4) is 0 Å². The lowest BCUT2D eigenvalue weighted by Gasteiger charge is -2.15. The molecule has 0 fully saturated rings. The van der Waals surface area contributed by atoms with Crippen LogP contribution in [0.5, 0.6) is 0 Å². The first-order valence-corrected chi connectivity index (χ1v) is 5.80. The highest BCUT2D eigenvalue weighted by molar-refractivity contribution is 5.57. The summed E-state index contributed by atoms with van der Waals surface area (Å²) in [4.78, 5) is 10.7. The molecule has 0 radical (unpaired) electrons. The van der Waals surface area contributed by atoms with Crippen LogP contribution in [0.4, 0.5) is 5.69 Å². The van der Waals surface area contributed by atoms with Gasteiger partial charge in [0.1, 0.15) is 6.29 Å². The average Bonchev–Trinajstić information content (AvgIpc) is 2.30. The highest BCUT2D eigenvalue weighted by atomic mass is 16.1. The number of hydrogen-bond donors (Lipinski definition) is 1. The normalized spacial score (nSPS) is 11.2. The van der Waals surface area contributed by atoms with E-state index >= 15 is 0 Å². The second kappa shape index (κ2) is 5.69. The average molecular weight is 219 g/mol. The first-order valence-electron chi connectivity index (χ1n) is 5.80. The number of carbonyl (C=O) groups is 1. The van der Waals surface area contributed by atoms with Crippen molar-refractivity contribution >= 4 is 12.0 Å². The number of anilines is 1. The van der Waals surface area contributed by atoms with Gasteiger partial charge in [-0.1, -0.05) is 26.0 Å². The van der Waals surface area contributed by atoms with Gasteiger partial charge in [0.15, 0.2) is 0 Å². The smallest absolute Gasteiger partial charge is 0.125 e. The van der Waals surface area contributed by atoms with Gasteiger partial charge in [-0.15, -0.1) is 0 Å². The van der Waals surface area contributed by atoms with Crippen molar-refractivity contribution in [1.29, 1.82) is 0 Å². The van der Waals surface area contributed by atoms with E-state index in [-0.39, 0.29) is 5.41 Å². The van der Waals surface area contributed by atoms with Crippen molar-refractivity contribution in [3.63, 3.8) is 0 Å². The maximum Gasteiger partial charge on any atom is 0.125 e. The summed E-state index contributed by atoms with van der Waals surface area (Å²) in [5, 5.41) is 3.10. The third kappa shape index (κ3) is 4.05. The van der Waals surface area contributed by atoms with Crippen LogP contribution in [0, 0.1) is 5.41 Å². The molecule has 0 amide bonds. The molecule has 0 aromatic heterocycles. The van der Waals surface area contributed by atoms with E-state index in [4.69, 9.17) is 0 Å². The number of carbonyl (C=O) groups excluding carboxylic acids is 1. The summed E-state index contributed by atoms with van der Waals surface area (Å²) in [5.74, 6) is 0. The van der Waals surface area contributed by atoms with Crippen LogP contribution in [0.25, 0.3) is 0 Å². The fraction of sp³-hybridized carbons (Fsp3) is 0.500. The molecule has 0 saturated carbocycles. The van der Waals surface area contributed by atoms with Crippen LogP contribution in [0.3, 0.4) is 0 Å². The predicted octanol–water partition coefficient (Wildman–Crippen LogP) is 3.28. The number of nitrogens with one attached hydrogen (secondary N) is 1. The van der Waals surface area contributed by atoms with Crippen molar-refractivity contribution in [2.75, 3.05) is 12.4 Å². The molecule has 1 aromatic carbocycles. The summed E-state index contributed by atoms with van der Waals surface area (Å²) in [5.41, 5.74) is 2.29. The number of aryl methyl sites for hydroxylation is 1. The number of benzene rings is 1. The van der Waals surface area contributed by atoms with Gasteiger partial charge in [-0.2, -0.15) is 0 Å². The molecule has 16 heavy (non-hydrogen) atoms. The maximum atomic E-state index is 10.7. The highest BCUT2D eigenvalue weighted by Crippen LogP contribution is 2.20. The van der Waals surface area contributed by atoms with Crippen molar-refractivity contribution in [1.82, 2.24) is 0 Å². The molecule has 0 heterocycles. The Morgan fingerprint density at radius 1 is 1.25 bits per heavy atom. The molecule has 0 saturated heterocycles. The Balaban J connectivity index is 2.40. The first kappa shape index (κ1) is 12.8. The van der Waals surface area contributed by atoms with Gasteiger partial charge < -0.3 is 10.1 Å². The quantitative estimate of drug-likeness (QED) is 0.744. The summed E-state index contributed by atoms with van der Waals surface area (Å²) in [6.45, 7) is 3.98. The van der Waals surface area contributed by atoms with Crippen LogP contribution < -0.4 is 5.32 Å². The molecule has 0 bridgehead atoms. The van der Waals surface area contributed by atoms with E-state index in [2.05, 4.69) is 29.6 Å². The van der Waals surface area contributed by atoms with E-state index in [9.17, 15) is 4.79 Å². The molecule has 0 aliphatic carbocycles. The maximum absolute atomic E-state index is 10.7. The zero-order valence-electron chi connectivity index (χ0n) is 10.4. The molecule has 0 unspecified atom stereocenters. The predicted molar refractivity (Wildman–Crippen MR) is 68.8 cm³/mol. The van der Waals surface area contributed by atoms with Gasteiger partial charge >= 0.3 is 0 Å². The van der Waals surface area contributed by atoms with Gasteiger partial charge in [-0.05, 0) is 37.0 Å². The standard InChI is InChI=1S/C14H21NO/c1-14(2,11-16)10-4-5-12-6-8-13(15-3)9-7-12/h6-9,11,15H,4-5,10H2,1-3H3. The number of hydrogen-bond acceptors (Lipinski definition) is 2. The highest BCUT2D eigenvalue weighted by Gasteiger charge is 2.15. The van der Waals surface area contributed by atoms with E-state index in [1.54, 1.807) is 0 Å². The molecular formula is C14H21NO. The van der Waals surface area contributed by atoms with E-state index in [1.807, 2.05) is 20.9 Å². The minimum atomic E-state index is -0.176. The first-order chi connectivity index (χ1) is 7.57. The summed E-state index contributed by atoms with van der Waals surface area (Å²) in [7, 11) is 1.92. The molecule has 88 valence electrons. The van der Waals surface area contributed by atoms with Gasteiger partial charge in [0.25, 0.3) is 0 Å². The Hall–Kier alpha value is -1.31. The SMILES string of the molecule is CNc1ccc(CCCC(C)(C)C=O)cc1. The fourth-order valence-corrected chi connectivity index (χ4v) is 1.65. The summed E-state index contributed by atoms with van der Waals surface area (Å²) in [6.07, 6.45) is 4.10. The Morgan fingerprint density at radius 3 is 2.38 bits per heavy atom. The van der Waals surface area contributed by atoms with Gasteiger partial charge in [-0.25, -0.2) is 0 Å². The van der Waals surface area contributed by atoms with E-state index < -0.39 is 0 Å². The minimum Gasteiger partial charge on any atom is -0.388 e. The molecule has 0 aliphatic rings. The third-order valence-corrected chi connectivity index (χ3v) is 2.85. The molecular weight excluding hydrogens is 198 g/mol. The van der Waals surface area contributed by atoms with Crippen LogP contribution in [0.15, 0.2) is 24.3 Å². The fourth-order valence-electron chi connectivity index (χ4n) is 1.65. The molecule has 1 aromatic rings. The molecule has 0 atom stereocenters. The topological polar surface area (TPSA) is 29.1 Å². The molecule has 2 heteroatoms. The van der Waals surface area contributed by atoms with Crippen molar-refractivity contribution in [3.05, 3.63) is 29.8 Å². The van der Waals surface area contributed by atoms with Crippen LogP contribution >= 0.6 is 0 Å². The van der Waals surface area contributed by atoms with Gasteiger partial charge in [0.2, 0.25) is 0 Å².